The Labute approximate surface area is 137 Å². The fourth-order valence-electron chi connectivity index (χ4n) is 2.07. The molecule has 2 N–H and O–H groups in total. The van der Waals surface area contributed by atoms with E-state index >= 15 is 0 Å². The van der Waals surface area contributed by atoms with Crippen molar-refractivity contribution >= 4 is 39.7 Å². The average molecular weight is 335 g/mol. The van der Waals surface area contributed by atoms with Crippen molar-refractivity contribution in [2.75, 3.05) is 12.8 Å². The van der Waals surface area contributed by atoms with Crippen molar-refractivity contribution in [2.24, 2.45) is 0 Å². The lowest BCUT2D eigenvalue weighted by atomic mass is 10.2. The maximum Gasteiger partial charge on any atom is 0.191 e. The Morgan fingerprint density at radius 1 is 1.23 bits per heavy atom. The van der Waals surface area contributed by atoms with Gasteiger partial charge in [-0.2, -0.15) is 0 Å². The summed E-state index contributed by atoms with van der Waals surface area (Å²) in [4.78, 5) is 13.5. The standard InChI is InChI=1S/C15H15ClN4OS/c1-7(2)9-6-22-15(18-9)14-19-12-8(13(17)20-14)4-5-10(21-3)11(12)16/h4-7H,1-3H3,(H2,17,19,20). The first kappa shape index (κ1) is 15.0. The maximum atomic E-state index is 6.34. The molecule has 0 spiro atoms. The van der Waals surface area contributed by atoms with E-state index in [0.717, 1.165) is 10.7 Å². The van der Waals surface area contributed by atoms with Crippen LogP contribution in [-0.2, 0) is 0 Å². The van der Waals surface area contributed by atoms with Gasteiger partial charge in [-0.05, 0) is 18.1 Å². The summed E-state index contributed by atoms with van der Waals surface area (Å²) in [5, 5.41) is 3.87. The Morgan fingerprint density at radius 3 is 2.64 bits per heavy atom. The van der Waals surface area contributed by atoms with Gasteiger partial charge >= 0.3 is 0 Å². The van der Waals surface area contributed by atoms with Crippen LogP contribution in [0.2, 0.25) is 5.02 Å². The highest BCUT2D eigenvalue weighted by atomic mass is 35.5. The van der Waals surface area contributed by atoms with Crippen molar-refractivity contribution < 1.29 is 4.74 Å². The molecule has 7 heteroatoms. The smallest absolute Gasteiger partial charge is 0.191 e. The molecular weight excluding hydrogens is 320 g/mol. The van der Waals surface area contributed by atoms with Gasteiger partial charge < -0.3 is 10.5 Å². The number of anilines is 1. The topological polar surface area (TPSA) is 73.9 Å². The van der Waals surface area contributed by atoms with Crippen LogP contribution in [0.3, 0.4) is 0 Å². The molecule has 3 aromatic rings. The molecule has 0 aliphatic rings. The number of nitrogens with zero attached hydrogens (tertiary/aromatic N) is 3. The molecule has 0 aliphatic carbocycles. The second kappa shape index (κ2) is 5.70. The molecule has 0 bridgehead atoms. The summed E-state index contributed by atoms with van der Waals surface area (Å²) in [6.45, 7) is 4.19. The van der Waals surface area contributed by atoms with Gasteiger partial charge in [-0.15, -0.1) is 11.3 Å². The van der Waals surface area contributed by atoms with Crippen LogP contribution in [0.5, 0.6) is 5.75 Å². The van der Waals surface area contributed by atoms with Gasteiger partial charge in [-0.25, -0.2) is 15.0 Å². The molecule has 5 nitrogen and oxygen atoms in total. The first-order chi connectivity index (χ1) is 10.5. The Kier molecular flexibility index (Phi) is 3.88. The van der Waals surface area contributed by atoms with Gasteiger partial charge in [-0.1, -0.05) is 25.4 Å². The molecule has 22 heavy (non-hydrogen) atoms. The summed E-state index contributed by atoms with van der Waals surface area (Å²) in [5.41, 5.74) is 7.63. The zero-order valence-corrected chi connectivity index (χ0v) is 14.0. The number of ether oxygens (including phenoxy) is 1. The van der Waals surface area contributed by atoms with Crippen LogP contribution in [0, 0.1) is 0 Å². The van der Waals surface area contributed by atoms with E-state index in [9.17, 15) is 0 Å². The Hall–Kier alpha value is -1.92. The number of thiazole rings is 1. The first-order valence-electron chi connectivity index (χ1n) is 6.76. The van der Waals surface area contributed by atoms with Crippen molar-refractivity contribution in [3.05, 3.63) is 28.2 Å². The summed E-state index contributed by atoms with van der Waals surface area (Å²) in [6.07, 6.45) is 0. The normalized spacial score (nSPS) is 11.3. The Bertz CT molecular complexity index is 847. The van der Waals surface area contributed by atoms with E-state index in [-0.39, 0.29) is 0 Å². The largest absolute Gasteiger partial charge is 0.495 e. The number of halogens is 1. The molecule has 1 aromatic carbocycles. The predicted octanol–water partition coefficient (Wildman–Crippen LogP) is 4.12. The van der Waals surface area contributed by atoms with Crippen LogP contribution in [0.25, 0.3) is 21.7 Å². The lowest BCUT2D eigenvalue weighted by molar-refractivity contribution is 0.415. The van der Waals surface area contributed by atoms with Gasteiger partial charge in [0.25, 0.3) is 0 Å². The van der Waals surface area contributed by atoms with Crippen LogP contribution < -0.4 is 10.5 Å². The van der Waals surface area contributed by atoms with Gasteiger partial charge in [0.05, 0.1) is 18.3 Å². The minimum Gasteiger partial charge on any atom is -0.495 e. The Morgan fingerprint density at radius 2 is 2.00 bits per heavy atom. The molecule has 0 aliphatic heterocycles. The molecule has 0 saturated heterocycles. The highest BCUT2D eigenvalue weighted by Gasteiger charge is 2.16. The van der Waals surface area contributed by atoms with Crippen LogP contribution in [-0.4, -0.2) is 22.1 Å². The third-order valence-electron chi connectivity index (χ3n) is 3.33. The minimum absolute atomic E-state index is 0.353. The third kappa shape index (κ3) is 2.48. The zero-order chi connectivity index (χ0) is 15.9. The molecule has 0 radical (unpaired) electrons. The van der Waals surface area contributed by atoms with E-state index in [2.05, 4.69) is 28.8 Å². The summed E-state index contributed by atoms with van der Waals surface area (Å²) in [7, 11) is 1.56. The van der Waals surface area contributed by atoms with Crippen molar-refractivity contribution in [1.29, 1.82) is 0 Å². The minimum atomic E-state index is 0.353. The summed E-state index contributed by atoms with van der Waals surface area (Å²) < 4.78 is 5.23. The van der Waals surface area contributed by atoms with E-state index in [1.807, 2.05) is 5.38 Å². The number of aromatic nitrogens is 3. The van der Waals surface area contributed by atoms with Crippen LogP contribution >= 0.6 is 22.9 Å². The SMILES string of the molecule is COc1ccc2c(N)nc(-c3nc(C(C)C)cs3)nc2c1Cl. The molecule has 3 rings (SSSR count). The second-order valence-corrected chi connectivity index (χ2v) is 6.38. The lowest BCUT2D eigenvalue weighted by Gasteiger charge is -2.08. The van der Waals surface area contributed by atoms with Gasteiger partial charge in [0.1, 0.15) is 16.6 Å². The number of rotatable bonds is 3. The van der Waals surface area contributed by atoms with E-state index in [1.165, 1.54) is 11.3 Å². The van der Waals surface area contributed by atoms with Gasteiger partial charge in [-0.3, -0.25) is 0 Å². The van der Waals surface area contributed by atoms with Crippen molar-refractivity contribution in [3.8, 4) is 16.6 Å². The van der Waals surface area contributed by atoms with Crippen molar-refractivity contribution in [3.63, 3.8) is 0 Å². The third-order valence-corrected chi connectivity index (χ3v) is 4.55. The van der Waals surface area contributed by atoms with E-state index in [1.54, 1.807) is 19.2 Å². The fraction of sp³-hybridized carbons (Fsp3) is 0.267. The van der Waals surface area contributed by atoms with Gasteiger partial charge in [0, 0.05) is 10.8 Å². The molecule has 0 fully saturated rings. The summed E-state index contributed by atoms with van der Waals surface area (Å²) in [5.74, 6) is 1.77. The van der Waals surface area contributed by atoms with Crippen LogP contribution in [0.4, 0.5) is 5.82 Å². The molecule has 0 atom stereocenters. The Balaban J connectivity index is 2.20. The summed E-state index contributed by atoms with van der Waals surface area (Å²) in [6, 6.07) is 3.56. The van der Waals surface area contributed by atoms with Crippen LogP contribution in [0.15, 0.2) is 17.5 Å². The summed E-state index contributed by atoms with van der Waals surface area (Å²) >= 11 is 7.84. The fourth-order valence-corrected chi connectivity index (χ4v) is 3.27. The number of benzene rings is 1. The zero-order valence-electron chi connectivity index (χ0n) is 12.4. The van der Waals surface area contributed by atoms with E-state index < -0.39 is 0 Å². The van der Waals surface area contributed by atoms with E-state index in [4.69, 9.17) is 22.1 Å². The maximum absolute atomic E-state index is 6.34. The molecule has 2 heterocycles. The van der Waals surface area contributed by atoms with Crippen LogP contribution in [0.1, 0.15) is 25.5 Å². The average Bonchev–Trinajstić information content (AvgIpc) is 2.98. The number of methoxy groups -OCH3 is 1. The van der Waals surface area contributed by atoms with Gasteiger partial charge in [0.2, 0.25) is 0 Å². The lowest BCUT2D eigenvalue weighted by Crippen LogP contribution is -1.99. The quantitative estimate of drug-likeness (QED) is 0.779. The molecule has 0 unspecified atom stereocenters. The molecular formula is C15H15ClN4OS. The molecule has 2 aromatic heterocycles. The molecule has 0 saturated carbocycles. The monoisotopic (exact) mass is 334 g/mol. The number of nitrogen functional groups attached to an aromatic ring is 1. The number of hydrogen-bond acceptors (Lipinski definition) is 6. The number of nitrogens with two attached hydrogens (primary N) is 1. The number of fused-ring (bicyclic) bond motifs is 1. The highest BCUT2D eigenvalue weighted by Crippen LogP contribution is 2.35. The van der Waals surface area contributed by atoms with E-state index in [0.29, 0.717) is 39.2 Å². The highest BCUT2D eigenvalue weighted by molar-refractivity contribution is 7.13. The molecule has 114 valence electrons. The second-order valence-electron chi connectivity index (χ2n) is 5.14. The molecule has 0 amide bonds. The number of hydrogen-bond donors (Lipinski definition) is 1. The van der Waals surface area contributed by atoms with Crippen molar-refractivity contribution in [1.82, 2.24) is 15.0 Å². The van der Waals surface area contributed by atoms with Crippen molar-refractivity contribution in [2.45, 2.75) is 19.8 Å². The first-order valence-corrected chi connectivity index (χ1v) is 8.02. The van der Waals surface area contributed by atoms with Gasteiger partial charge in [0.15, 0.2) is 10.8 Å². The predicted molar refractivity (Wildman–Crippen MR) is 90.7 cm³/mol.